The number of fused-ring (bicyclic) bond motifs is 2. The Morgan fingerprint density at radius 3 is 1.33 bits per heavy atom. The molecule has 0 radical (unpaired) electrons. The molecule has 0 aromatic heterocycles. The second-order valence-corrected chi connectivity index (χ2v) is 6.42. The van der Waals surface area contributed by atoms with E-state index in [4.69, 9.17) is 9.47 Å². The molecule has 4 nitrogen and oxygen atoms in total. The molecule has 0 aliphatic carbocycles. The average Bonchev–Trinajstić information content (AvgIpc) is 2.75. The molecule has 0 saturated carbocycles. The van der Waals surface area contributed by atoms with Crippen LogP contribution in [0.5, 0.6) is 11.5 Å². The van der Waals surface area contributed by atoms with Crippen molar-refractivity contribution in [2.75, 3.05) is 26.4 Å². The third kappa shape index (κ3) is 5.75. The summed E-state index contributed by atoms with van der Waals surface area (Å²) in [4.78, 5) is 0. The Morgan fingerprint density at radius 1 is 0.533 bits per heavy atom. The quantitative estimate of drug-likeness (QED) is 0.284. The van der Waals surface area contributed by atoms with Crippen molar-refractivity contribution in [3.8, 4) is 22.6 Å². The third-order valence-corrected chi connectivity index (χ3v) is 4.71. The fourth-order valence-electron chi connectivity index (χ4n) is 3.56. The van der Waals surface area contributed by atoms with E-state index in [1.54, 1.807) is 0 Å². The maximum atomic E-state index is 11.1. The molecule has 30 heavy (non-hydrogen) atoms. The summed E-state index contributed by atoms with van der Waals surface area (Å²) in [6.45, 7) is -0.456. The number of hydrogen-bond donors (Lipinski definition) is 0. The first-order valence-electron chi connectivity index (χ1n) is 9.29. The van der Waals surface area contributed by atoms with E-state index in [1.807, 2.05) is 72.8 Å². The minimum Gasteiger partial charge on any atom is -0.852 e. The van der Waals surface area contributed by atoms with Gasteiger partial charge < -0.3 is 19.7 Å². The maximum Gasteiger partial charge on any atom is 1.00 e. The van der Waals surface area contributed by atoms with Crippen LogP contribution in [0.3, 0.4) is 0 Å². The molecular weight excluding hydrogens is 430 g/mol. The van der Waals surface area contributed by atoms with Gasteiger partial charge in [-0.3, -0.25) is 0 Å². The number of hydrogen-bond acceptors (Lipinski definition) is 4. The Kier molecular flexibility index (Phi) is 11.5. The second-order valence-electron chi connectivity index (χ2n) is 6.42. The molecule has 0 saturated heterocycles. The van der Waals surface area contributed by atoms with Crippen LogP contribution in [0.2, 0.25) is 0 Å². The summed E-state index contributed by atoms with van der Waals surface area (Å²) >= 11 is 0. The van der Waals surface area contributed by atoms with E-state index in [1.165, 1.54) is 0 Å². The topological polar surface area (TPSA) is 64.6 Å². The van der Waals surface area contributed by atoms with Crippen LogP contribution in [-0.4, -0.2) is 26.4 Å². The van der Waals surface area contributed by atoms with Gasteiger partial charge in [-0.05, 0) is 33.7 Å². The van der Waals surface area contributed by atoms with Gasteiger partial charge in [0, 0.05) is 11.1 Å². The van der Waals surface area contributed by atoms with Crippen molar-refractivity contribution in [1.29, 1.82) is 0 Å². The van der Waals surface area contributed by atoms with Crippen molar-refractivity contribution in [3.63, 3.8) is 0 Å². The summed E-state index contributed by atoms with van der Waals surface area (Å²) in [5.41, 5.74) is 1.76. The molecule has 0 heterocycles. The van der Waals surface area contributed by atoms with Gasteiger partial charge in [0.2, 0.25) is 0 Å². The molecule has 0 aliphatic heterocycles. The Balaban J connectivity index is 0.00000160. The predicted molar refractivity (Wildman–Crippen MR) is 108 cm³/mol. The van der Waals surface area contributed by atoms with Gasteiger partial charge in [-0.2, -0.15) is 0 Å². The Morgan fingerprint density at radius 2 is 0.933 bits per heavy atom. The van der Waals surface area contributed by atoms with Gasteiger partial charge in [0.15, 0.2) is 0 Å². The molecule has 4 rings (SSSR count). The fourth-order valence-corrected chi connectivity index (χ4v) is 3.56. The Labute approximate surface area is 261 Å². The first-order chi connectivity index (χ1) is 13.8. The van der Waals surface area contributed by atoms with Crippen LogP contribution in [0.1, 0.15) is 0 Å². The molecule has 0 atom stereocenters. The van der Waals surface area contributed by atoms with Crippen LogP contribution in [-0.2, 0) is 0 Å². The maximum absolute atomic E-state index is 11.1. The van der Waals surface area contributed by atoms with E-state index in [9.17, 15) is 10.2 Å². The van der Waals surface area contributed by atoms with E-state index in [0.717, 1.165) is 32.7 Å². The SMILES string of the molecule is [K+].[K+].[O-]CCOc1ccc2ccccc2c1-c1c(OCC[O-])ccc2ccccc12. The Bertz CT molecular complexity index is 1030. The van der Waals surface area contributed by atoms with E-state index < -0.39 is 0 Å². The molecule has 0 fully saturated rings. The second kappa shape index (κ2) is 13.0. The molecule has 0 aliphatic rings. The number of rotatable bonds is 7. The van der Waals surface area contributed by atoms with E-state index in [2.05, 4.69) is 0 Å². The van der Waals surface area contributed by atoms with Crippen LogP contribution in [0.25, 0.3) is 32.7 Å². The van der Waals surface area contributed by atoms with Crippen molar-refractivity contribution < 1.29 is 122 Å². The third-order valence-electron chi connectivity index (χ3n) is 4.71. The molecule has 142 valence electrons. The fraction of sp³-hybridized carbons (Fsp3) is 0.167. The Hall–Kier alpha value is 0.193. The van der Waals surface area contributed by atoms with E-state index >= 15 is 0 Å². The zero-order valence-corrected chi connectivity index (χ0v) is 23.6. The first kappa shape index (κ1) is 26.4. The normalized spacial score (nSPS) is 10.3. The van der Waals surface area contributed by atoms with Crippen LogP contribution in [0, 0.1) is 0 Å². The van der Waals surface area contributed by atoms with Crippen LogP contribution in [0.4, 0.5) is 0 Å². The summed E-state index contributed by atoms with van der Waals surface area (Å²) in [5, 5.41) is 26.2. The van der Waals surface area contributed by atoms with Gasteiger partial charge in [-0.1, -0.05) is 60.7 Å². The first-order valence-corrected chi connectivity index (χ1v) is 9.29. The monoisotopic (exact) mass is 450 g/mol. The summed E-state index contributed by atoms with van der Waals surface area (Å²) < 4.78 is 11.7. The molecule has 0 amide bonds. The van der Waals surface area contributed by atoms with Crippen molar-refractivity contribution in [2.45, 2.75) is 0 Å². The predicted octanol–water partition coefficient (Wildman–Crippen LogP) is -2.85. The van der Waals surface area contributed by atoms with Gasteiger partial charge in [-0.25, -0.2) is 0 Å². The van der Waals surface area contributed by atoms with Crippen molar-refractivity contribution in [2.24, 2.45) is 0 Å². The number of benzene rings is 4. The molecule has 0 spiro atoms. The summed E-state index contributed by atoms with van der Waals surface area (Å²) in [6.07, 6.45) is 0. The smallest absolute Gasteiger partial charge is 0.852 e. The summed E-state index contributed by atoms with van der Waals surface area (Å²) in [6, 6.07) is 23.9. The van der Waals surface area contributed by atoms with Gasteiger partial charge in [0.25, 0.3) is 0 Å². The van der Waals surface area contributed by atoms with Crippen LogP contribution < -0.4 is 122 Å². The average molecular weight is 451 g/mol. The molecule has 4 aromatic carbocycles. The van der Waals surface area contributed by atoms with Crippen molar-refractivity contribution in [1.82, 2.24) is 0 Å². The van der Waals surface area contributed by atoms with Gasteiger partial charge in [-0.15, -0.1) is 13.2 Å². The molecule has 4 aromatic rings. The summed E-state index contributed by atoms with van der Waals surface area (Å²) in [5.74, 6) is 1.27. The van der Waals surface area contributed by atoms with Crippen molar-refractivity contribution in [3.05, 3.63) is 72.8 Å². The zero-order chi connectivity index (χ0) is 19.3. The molecule has 0 N–H and O–H groups in total. The van der Waals surface area contributed by atoms with Gasteiger partial charge in [0.1, 0.15) is 11.5 Å². The zero-order valence-electron chi connectivity index (χ0n) is 17.4. The van der Waals surface area contributed by atoms with E-state index in [-0.39, 0.29) is 129 Å². The largest absolute Gasteiger partial charge is 1.00 e. The molecule has 6 heteroatoms. The standard InChI is InChI=1S/C24H20O4.2K/c25-13-15-27-21-11-9-17-5-1-3-7-19(17)23(21)24-20-8-4-2-6-18(20)10-12-22(24)28-16-14-26;;/h1-12H,13-16H2;;/q-2;2*+1. The number of ether oxygens (including phenoxy) is 2. The minimum atomic E-state index is -0.318. The molecular formula is C24H20K2O4. The van der Waals surface area contributed by atoms with Crippen molar-refractivity contribution >= 4 is 21.5 Å². The van der Waals surface area contributed by atoms with Crippen LogP contribution >= 0.6 is 0 Å². The van der Waals surface area contributed by atoms with Gasteiger partial charge >= 0.3 is 103 Å². The van der Waals surface area contributed by atoms with Crippen LogP contribution in [0.15, 0.2) is 72.8 Å². The summed E-state index contributed by atoms with van der Waals surface area (Å²) in [7, 11) is 0. The molecule has 0 bridgehead atoms. The minimum absolute atomic E-state index is 0. The van der Waals surface area contributed by atoms with E-state index in [0.29, 0.717) is 11.5 Å². The molecule has 0 unspecified atom stereocenters. The van der Waals surface area contributed by atoms with Gasteiger partial charge in [0.05, 0.1) is 13.2 Å².